The molecule has 0 heterocycles. The average molecular weight is 403 g/mol. The summed E-state index contributed by atoms with van der Waals surface area (Å²) in [6.45, 7) is 2.14. The molecule has 1 nitrogen and oxygen atoms in total. The summed E-state index contributed by atoms with van der Waals surface area (Å²) in [7, 11) is 1.70. The average Bonchev–Trinajstić information content (AvgIpc) is 2.83. The monoisotopic (exact) mass is 402 g/mol. The molecule has 0 aliphatic heterocycles. The van der Waals surface area contributed by atoms with E-state index in [9.17, 15) is 0 Å². The van der Waals surface area contributed by atoms with Crippen molar-refractivity contribution in [1.82, 2.24) is 0 Å². The molecule has 31 heavy (non-hydrogen) atoms. The second-order valence-electron chi connectivity index (χ2n) is 7.51. The van der Waals surface area contributed by atoms with Gasteiger partial charge >= 0.3 is 0 Å². The quantitative estimate of drug-likeness (QED) is 0.297. The lowest BCUT2D eigenvalue weighted by Crippen LogP contribution is -1.85. The molecule has 0 aliphatic carbocycles. The van der Waals surface area contributed by atoms with E-state index in [1.807, 2.05) is 18.2 Å². The predicted octanol–water partition coefficient (Wildman–Crippen LogP) is 8.01. The van der Waals surface area contributed by atoms with Gasteiger partial charge in [-0.05, 0) is 46.4 Å². The fraction of sp³-hybridized carbons (Fsp3) is 0.0667. The van der Waals surface area contributed by atoms with Crippen molar-refractivity contribution in [3.8, 4) is 16.9 Å². The van der Waals surface area contributed by atoms with Crippen LogP contribution in [0.25, 0.3) is 35.4 Å². The van der Waals surface area contributed by atoms with E-state index < -0.39 is 0 Å². The number of benzene rings is 4. The maximum atomic E-state index is 5.41. The maximum Gasteiger partial charge on any atom is 0.126 e. The molecule has 0 atom stereocenters. The summed E-state index contributed by atoms with van der Waals surface area (Å²) in [5.74, 6) is 0.881. The van der Waals surface area contributed by atoms with Crippen molar-refractivity contribution in [3.63, 3.8) is 0 Å². The SMILES string of the molecule is COc1ccccc1C=Cc1ccc(-c2ccc(C=Cc3ccccc3C)cc2)cc1. The number of para-hydroxylation sites is 1. The van der Waals surface area contributed by atoms with E-state index in [0.29, 0.717) is 0 Å². The van der Waals surface area contributed by atoms with E-state index in [1.54, 1.807) is 7.11 Å². The van der Waals surface area contributed by atoms with Crippen LogP contribution in [-0.2, 0) is 0 Å². The van der Waals surface area contributed by atoms with Crippen molar-refractivity contribution in [2.24, 2.45) is 0 Å². The van der Waals surface area contributed by atoms with E-state index in [4.69, 9.17) is 4.74 Å². The minimum absolute atomic E-state index is 0.881. The van der Waals surface area contributed by atoms with E-state index >= 15 is 0 Å². The Kier molecular flexibility index (Phi) is 6.44. The topological polar surface area (TPSA) is 9.23 Å². The first kappa shape index (κ1) is 20.4. The molecule has 0 amide bonds. The molecule has 0 N–H and O–H groups in total. The van der Waals surface area contributed by atoms with Gasteiger partial charge in [-0.15, -0.1) is 0 Å². The van der Waals surface area contributed by atoms with Gasteiger partial charge in [-0.1, -0.05) is 115 Å². The van der Waals surface area contributed by atoms with Crippen LogP contribution in [0, 0.1) is 6.92 Å². The number of hydrogen-bond donors (Lipinski definition) is 0. The molecular formula is C30H26O. The van der Waals surface area contributed by atoms with E-state index in [1.165, 1.54) is 27.8 Å². The highest BCUT2D eigenvalue weighted by Crippen LogP contribution is 2.23. The van der Waals surface area contributed by atoms with Gasteiger partial charge in [0.1, 0.15) is 5.75 Å². The van der Waals surface area contributed by atoms with Crippen LogP contribution >= 0.6 is 0 Å². The number of aryl methyl sites for hydroxylation is 1. The number of rotatable bonds is 6. The van der Waals surface area contributed by atoms with E-state index in [0.717, 1.165) is 16.9 Å². The Labute approximate surface area is 185 Å². The van der Waals surface area contributed by atoms with Gasteiger partial charge in [-0.25, -0.2) is 0 Å². The maximum absolute atomic E-state index is 5.41. The Balaban J connectivity index is 1.45. The molecule has 0 aromatic heterocycles. The highest BCUT2D eigenvalue weighted by atomic mass is 16.5. The third-order valence-electron chi connectivity index (χ3n) is 5.39. The van der Waals surface area contributed by atoms with Crippen molar-refractivity contribution in [1.29, 1.82) is 0 Å². The van der Waals surface area contributed by atoms with Crippen LogP contribution in [0.4, 0.5) is 0 Å². The van der Waals surface area contributed by atoms with Gasteiger partial charge < -0.3 is 4.74 Å². The Bertz CT molecular complexity index is 1200. The molecule has 0 spiro atoms. The van der Waals surface area contributed by atoms with Crippen LogP contribution in [0.15, 0.2) is 97.1 Å². The Hall–Kier alpha value is -3.84. The van der Waals surface area contributed by atoms with Gasteiger partial charge in [0.15, 0.2) is 0 Å². The van der Waals surface area contributed by atoms with Crippen LogP contribution in [0.5, 0.6) is 5.75 Å². The summed E-state index contributed by atoms with van der Waals surface area (Å²) in [5.41, 5.74) is 8.40. The molecule has 1 heteroatoms. The molecule has 4 aromatic carbocycles. The first-order valence-electron chi connectivity index (χ1n) is 10.5. The van der Waals surface area contributed by atoms with Crippen LogP contribution in [0.2, 0.25) is 0 Å². The van der Waals surface area contributed by atoms with Gasteiger partial charge in [0.25, 0.3) is 0 Å². The fourth-order valence-electron chi connectivity index (χ4n) is 3.52. The zero-order chi connectivity index (χ0) is 21.5. The van der Waals surface area contributed by atoms with Gasteiger partial charge in [-0.3, -0.25) is 0 Å². The molecular weight excluding hydrogens is 376 g/mol. The van der Waals surface area contributed by atoms with E-state index in [2.05, 4.69) is 110 Å². The van der Waals surface area contributed by atoms with Crippen LogP contribution in [-0.4, -0.2) is 7.11 Å². The van der Waals surface area contributed by atoms with Crippen LogP contribution < -0.4 is 4.74 Å². The van der Waals surface area contributed by atoms with Gasteiger partial charge in [-0.2, -0.15) is 0 Å². The summed E-state index contributed by atoms with van der Waals surface area (Å²) >= 11 is 0. The second-order valence-corrected chi connectivity index (χ2v) is 7.51. The number of methoxy groups -OCH3 is 1. The molecule has 4 rings (SSSR count). The zero-order valence-corrected chi connectivity index (χ0v) is 18.0. The van der Waals surface area contributed by atoms with Crippen molar-refractivity contribution in [2.75, 3.05) is 7.11 Å². The Morgan fingerprint density at radius 2 is 1.00 bits per heavy atom. The summed E-state index contributed by atoms with van der Waals surface area (Å²) in [6, 6.07) is 33.8. The summed E-state index contributed by atoms with van der Waals surface area (Å²) < 4.78 is 5.41. The molecule has 0 saturated heterocycles. The first-order chi connectivity index (χ1) is 15.2. The Morgan fingerprint density at radius 3 is 1.55 bits per heavy atom. The highest BCUT2D eigenvalue weighted by Gasteiger charge is 2.00. The van der Waals surface area contributed by atoms with Crippen LogP contribution in [0.1, 0.15) is 27.8 Å². The summed E-state index contributed by atoms with van der Waals surface area (Å²) in [6.07, 6.45) is 8.54. The number of ether oxygens (including phenoxy) is 1. The van der Waals surface area contributed by atoms with E-state index in [-0.39, 0.29) is 0 Å². The lowest BCUT2D eigenvalue weighted by Gasteiger charge is -2.05. The molecule has 152 valence electrons. The third-order valence-corrected chi connectivity index (χ3v) is 5.39. The van der Waals surface area contributed by atoms with Gasteiger partial charge in [0, 0.05) is 5.56 Å². The van der Waals surface area contributed by atoms with Gasteiger partial charge in [0.2, 0.25) is 0 Å². The fourth-order valence-corrected chi connectivity index (χ4v) is 3.52. The minimum Gasteiger partial charge on any atom is -0.496 e. The normalized spacial score (nSPS) is 11.3. The first-order valence-corrected chi connectivity index (χ1v) is 10.5. The molecule has 0 aliphatic rings. The zero-order valence-electron chi connectivity index (χ0n) is 18.0. The lowest BCUT2D eigenvalue weighted by atomic mass is 10.0. The minimum atomic E-state index is 0.881. The summed E-state index contributed by atoms with van der Waals surface area (Å²) in [5, 5.41) is 0. The molecule has 4 aromatic rings. The molecule has 0 unspecified atom stereocenters. The molecule has 0 fully saturated rings. The molecule has 0 saturated carbocycles. The van der Waals surface area contributed by atoms with Crippen LogP contribution in [0.3, 0.4) is 0 Å². The highest BCUT2D eigenvalue weighted by molar-refractivity contribution is 5.75. The smallest absolute Gasteiger partial charge is 0.126 e. The van der Waals surface area contributed by atoms with Crippen molar-refractivity contribution in [2.45, 2.75) is 6.92 Å². The van der Waals surface area contributed by atoms with Crippen molar-refractivity contribution < 1.29 is 4.74 Å². The largest absolute Gasteiger partial charge is 0.496 e. The standard InChI is InChI=1S/C30H26O/c1-23-7-3-4-8-26(23)17-11-24-12-18-27(19-13-24)28-20-14-25(15-21-28)16-22-29-9-5-6-10-30(29)31-2/h3-22H,1-2H3. The Morgan fingerprint density at radius 1 is 0.516 bits per heavy atom. The lowest BCUT2D eigenvalue weighted by molar-refractivity contribution is 0.414. The number of hydrogen-bond acceptors (Lipinski definition) is 1. The molecule has 0 bridgehead atoms. The molecule has 0 radical (unpaired) electrons. The second kappa shape index (κ2) is 9.77. The third kappa shape index (κ3) is 5.21. The summed E-state index contributed by atoms with van der Waals surface area (Å²) in [4.78, 5) is 0. The van der Waals surface area contributed by atoms with Crippen molar-refractivity contribution in [3.05, 3.63) is 125 Å². The predicted molar refractivity (Wildman–Crippen MR) is 134 cm³/mol. The van der Waals surface area contributed by atoms with Crippen molar-refractivity contribution >= 4 is 24.3 Å². The van der Waals surface area contributed by atoms with Gasteiger partial charge in [0.05, 0.1) is 7.11 Å².